The fraction of sp³-hybridized carbons (Fsp3) is 0.176. The molecule has 0 saturated heterocycles. The van der Waals surface area contributed by atoms with E-state index in [1.807, 2.05) is 109 Å². The number of rotatable bonds is 8. The number of nitrogens with zero attached hydrogens (tertiary/aromatic N) is 4. The van der Waals surface area contributed by atoms with Crippen molar-refractivity contribution in [2.45, 2.75) is 24.3 Å². The van der Waals surface area contributed by atoms with Crippen LogP contribution in [0, 0.1) is 0 Å². The average molecular weight is 573 g/mol. The highest BCUT2D eigenvalue weighted by atomic mass is 16.5. The van der Waals surface area contributed by atoms with E-state index in [4.69, 9.17) is 23.9 Å². The second-order valence-electron chi connectivity index (χ2n) is 10.3. The summed E-state index contributed by atoms with van der Waals surface area (Å²) in [5, 5.41) is 30.4. The van der Waals surface area contributed by atoms with Gasteiger partial charge in [0.1, 0.15) is 37.5 Å². The molecule has 0 fully saturated rings. The van der Waals surface area contributed by atoms with E-state index in [0.29, 0.717) is 45.8 Å². The van der Waals surface area contributed by atoms with Crippen LogP contribution in [-0.4, -0.2) is 57.5 Å². The van der Waals surface area contributed by atoms with Crippen molar-refractivity contribution < 1.29 is 24.1 Å². The third kappa shape index (κ3) is 5.31. The third-order valence-electron chi connectivity index (χ3n) is 7.56. The van der Waals surface area contributed by atoms with Crippen molar-refractivity contribution in [1.29, 1.82) is 0 Å². The molecule has 0 spiro atoms. The predicted octanol–water partition coefficient (Wildman–Crippen LogP) is 5.16. The highest BCUT2D eigenvalue weighted by molar-refractivity contribution is 6.02. The van der Waals surface area contributed by atoms with Gasteiger partial charge < -0.3 is 24.1 Å². The van der Waals surface area contributed by atoms with Crippen LogP contribution in [0.25, 0.3) is 22.9 Å². The van der Waals surface area contributed by atoms with E-state index in [0.717, 1.165) is 11.1 Å². The standard InChI is InChI=1S/C34H28N4O5/c39-29(21-11-3-1-4-12-21)27-19-41-31(35-27)23-15-7-9-17-25(23)33-37-38-34(43-33)26-18-10-8-16-24(26)32-36-28(20-42-32)30(40)22-13-5-2-6-14-22/h1-18,27-30,39-40H,19-20H2/t27-,28-,29-,30-/m0/s1. The zero-order valence-electron chi connectivity index (χ0n) is 23.0. The van der Waals surface area contributed by atoms with Gasteiger partial charge in [-0.2, -0.15) is 0 Å². The molecule has 4 atom stereocenters. The Morgan fingerprint density at radius 2 is 0.884 bits per heavy atom. The van der Waals surface area contributed by atoms with Gasteiger partial charge in [0, 0.05) is 11.1 Å². The molecular formula is C34H28N4O5. The molecule has 43 heavy (non-hydrogen) atoms. The molecule has 214 valence electrons. The maximum atomic E-state index is 10.9. The lowest BCUT2D eigenvalue weighted by Gasteiger charge is -2.13. The number of hydrogen-bond donors (Lipinski definition) is 2. The third-order valence-corrected chi connectivity index (χ3v) is 7.56. The topological polar surface area (TPSA) is 123 Å². The van der Waals surface area contributed by atoms with Crippen LogP contribution in [0.1, 0.15) is 34.5 Å². The monoisotopic (exact) mass is 572 g/mol. The molecule has 9 heteroatoms. The predicted molar refractivity (Wildman–Crippen MR) is 161 cm³/mol. The highest BCUT2D eigenvalue weighted by Crippen LogP contribution is 2.33. The Kier molecular flexibility index (Phi) is 7.24. The summed E-state index contributed by atoms with van der Waals surface area (Å²) >= 11 is 0. The number of aliphatic imine (C=N–C) groups is 2. The van der Waals surface area contributed by atoms with Crippen molar-refractivity contribution in [1.82, 2.24) is 10.2 Å². The van der Waals surface area contributed by atoms with Gasteiger partial charge in [0.25, 0.3) is 0 Å². The van der Waals surface area contributed by atoms with E-state index in [1.165, 1.54) is 0 Å². The van der Waals surface area contributed by atoms with Crippen LogP contribution in [-0.2, 0) is 9.47 Å². The molecule has 0 radical (unpaired) electrons. The Hall–Kier alpha value is -5.12. The molecule has 0 saturated carbocycles. The lowest BCUT2D eigenvalue weighted by atomic mass is 10.0. The molecule has 9 nitrogen and oxygen atoms in total. The minimum Gasteiger partial charge on any atom is -0.475 e. The summed E-state index contributed by atoms with van der Waals surface area (Å²) in [6, 6.07) is 33.0. The summed E-state index contributed by atoms with van der Waals surface area (Å²) in [7, 11) is 0. The van der Waals surface area contributed by atoms with E-state index in [-0.39, 0.29) is 13.2 Å². The maximum absolute atomic E-state index is 10.9. The van der Waals surface area contributed by atoms with E-state index >= 15 is 0 Å². The number of benzene rings is 4. The molecule has 0 unspecified atom stereocenters. The highest BCUT2D eigenvalue weighted by Gasteiger charge is 2.31. The molecule has 0 bridgehead atoms. The fourth-order valence-corrected chi connectivity index (χ4v) is 5.29. The van der Waals surface area contributed by atoms with Crippen molar-refractivity contribution in [2.24, 2.45) is 9.98 Å². The molecule has 0 aliphatic carbocycles. The van der Waals surface area contributed by atoms with Crippen molar-refractivity contribution in [3.63, 3.8) is 0 Å². The zero-order chi connectivity index (χ0) is 29.2. The first-order valence-electron chi connectivity index (χ1n) is 14.1. The number of hydrogen-bond acceptors (Lipinski definition) is 9. The van der Waals surface area contributed by atoms with Gasteiger partial charge in [-0.15, -0.1) is 10.2 Å². The number of aromatic nitrogens is 2. The minimum absolute atomic E-state index is 0.254. The smallest absolute Gasteiger partial charge is 0.248 e. The maximum Gasteiger partial charge on any atom is 0.248 e. The van der Waals surface area contributed by atoms with Crippen molar-refractivity contribution in [3.05, 3.63) is 131 Å². The van der Waals surface area contributed by atoms with Crippen LogP contribution in [0.4, 0.5) is 0 Å². The minimum atomic E-state index is -0.786. The van der Waals surface area contributed by atoms with Gasteiger partial charge in [-0.05, 0) is 35.4 Å². The molecule has 2 N–H and O–H groups in total. The van der Waals surface area contributed by atoms with Gasteiger partial charge in [0.15, 0.2) is 0 Å². The Morgan fingerprint density at radius 1 is 0.512 bits per heavy atom. The molecule has 2 aliphatic heterocycles. The van der Waals surface area contributed by atoms with Crippen LogP contribution >= 0.6 is 0 Å². The Bertz CT molecular complexity index is 1660. The molecule has 2 aliphatic rings. The summed E-state index contributed by atoms with van der Waals surface area (Å²) in [5.74, 6) is 1.41. The fourth-order valence-electron chi connectivity index (χ4n) is 5.29. The molecule has 7 rings (SSSR count). The van der Waals surface area contributed by atoms with E-state index in [9.17, 15) is 10.2 Å². The lowest BCUT2D eigenvalue weighted by molar-refractivity contribution is 0.129. The van der Waals surface area contributed by atoms with Crippen LogP contribution in [0.15, 0.2) is 124 Å². The van der Waals surface area contributed by atoms with Gasteiger partial charge in [0.2, 0.25) is 23.6 Å². The summed E-state index contributed by atoms with van der Waals surface area (Å²) < 4.78 is 18.1. The molecule has 4 aromatic carbocycles. The normalized spacial score (nSPS) is 19.2. The van der Waals surface area contributed by atoms with Crippen molar-refractivity contribution in [3.8, 4) is 22.9 Å². The molecular weight excluding hydrogens is 544 g/mol. The van der Waals surface area contributed by atoms with E-state index in [1.54, 1.807) is 0 Å². The van der Waals surface area contributed by atoms with Crippen molar-refractivity contribution in [2.75, 3.05) is 13.2 Å². The van der Waals surface area contributed by atoms with Gasteiger partial charge in [-0.3, -0.25) is 0 Å². The zero-order valence-corrected chi connectivity index (χ0v) is 23.0. The second kappa shape index (κ2) is 11.6. The van der Waals surface area contributed by atoms with Crippen LogP contribution in [0.5, 0.6) is 0 Å². The summed E-state index contributed by atoms with van der Waals surface area (Å²) in [5.41, 5.74) is 4.27. The molecule has 5 aromatic rings. The van der Waals surface area contributed by atoms with E-state index in [2.05, 4.69) is 10.2 Å². The number of aliphatic hydroxyl groups is 2. The number of ether oxygens (including phenoxy) is 2. The Balaban J connectivity index is 1.16. The quantitative estimate of drug-likeness (QED) is 0.263. The van der Waals surface area contributed by atoms with E-state index < -0.39 is 24.3 Å². The molecule has 3 heterocycles. The summed E-state index contributed by atoms with van der Waals surface area (Å²) in [6.07, 6.45) is -1.57. The van der Waals surface area contributed by atoms with Gasteiger partial charge in [-0.25, -0.2) is 9.98 Å². The first kappa shape index (κ1) is 26.8. The van der Waals surface area contributed by atoms with Crippen LogP contribution in [0.3, 0.4) is 0 Å². The second-order valence-corrected chi connectivity index (χ2v) is 10.3. The first-order valence-corrected chi connectivity index (χ1v) is 14.1. The largest absolute Gasteiger partial charge is 0.475 e. The van der Waals surface area contributed by atoms with Gasteiger partial charge in [0.05, 0.1) is 11.1 Å². The molecule has 1 aromatic heterocycles. The summed E-state index contributed by atoms with van der Waals surface area (Å²) in [4.78, 5) is 9.39. The van der Waals surface area contributed by atoms with Crippen LogP contribution < -0.4 is 0 Å². The Labute approximate surface area is 247 Å². The molecule has 0 amide bonds. The van der Waals surface area contributed by atoms with Crippen LogP contribution in [0.2, 0.25) is 0 Å². The number of aliphatic hydroxyl groups excluding tert-OH is 2. The lowest BCUT2D eigenvalue weighted by Crippen LogP contribution is -2.17. The SMILES string of the molecule is O[C@@H](c1ccccc1)[C@@H]1COC(c2ccccc2-c2nnc(-c3ccccc3C3=N[C@H]([C@@H](O)c4ccccc4)CO3)o2)=N1. The first-order chi connectivity index (χ1) is 21.2. The summed E-state index contributed by atoms with van der Waals surface area (Å²) in [6.45, 7) is 0.508. The van der Waals surface area contributed by atoms with Gasteiger partial charge in [-0.1, -0.05) is 84.9 Å². The average Bonchev–Trinajstić information content (AvgIpc) is 3.87. The van der Waals surface area contributed by atoms with Gasteiger partial charge >= 0.3 is 0 Å². The Morgan fingerprint density at radius 3 is 1.30 bits per heavy atom. The van der Waals surface area contributed by atoms with Crippen molar-refractivity contribution >= 4 is 11.8 Å².